The first kappa shape index (κ1) is 88.5. The quantitative estimate of drug-likeness (QED) is 0.0121. The predicted molar refractivity (Wildman–Crippen MR) is 435 cm³/mol. The standard InChI is InChI=1S/C80H78N12O24S4.Cu/c1-105-29-33-109-37-41-113-77(93)49-5-13-53(14-6-49)89-117(97,98)57-21-25-61-65(45-57)73-82-69(61)81-70-62-26-22-58(118(99,100)90-54-15-7-50(8-16-54)78(94)114-42-38-110-34-30-106-2)46-66(62)74(83-70)85-72-64-28-24-60(120(103,104)92-56-19-11-52(12-20-56)80(96)116-44-40-112-36-32-108-4)48-68(64)76(87-72)88-75-67-47-59(23-27-63(67)71(84-73)86-75)119(101,102)91-55-17-9-51(10-18-55)79(95)115-43-39-111-35-31-107-3;/h5-28,45-48H,29-44H2,1-4H3,(H6,81,82,83,84,85,86,87,88,89,90,91,92,93,94,95,96);/q;+2/p-2. The van der Waals surface area contributed by atoms with Crippen molar-refractivity contribution in [1.82, 2.24) is 39.9 Å². The van der Waals surface area contributed by atoms with E-state index in [4.69, 9.17) is 96.7 Å². The van der Waals surface area contributed by atoms with Crippen molar-refractivity contribution >= 4 is 131 Å². The SMILES string of the molecule is COCCOCCOC(=O)c1ccc(NS(=O)(=O)c2ccc3c(c2)-c2nc-3nc3[n-]c(nc4nc(nc5[n-]c(n2)c2ccc(S(=O)(=O)Nc6ccc(C(=O)OCCOCCOC)cc6)cc52)-c2cc(S(=O)(=O)Nc5ccc(C(=O)OCCOCCOC)cc5)ccc2-4)c2cc(S(=O)(=O)Nc4ccc(C(=O)OCCOCCOC)cc4)ccc32)cc1.[Cu+2]. The van der Waals surface area contributed by atoms with Crippen LogP contribution in [0.5, 0.6) is 0 Å². The third kappa shape index (κ3) is 21.9. The molecule has 41 heteroatoms. The maximum absolute atomic E-state index is 14.7. The molecule has 0 unspecified atom stereocenters. The minimum atomic E-state index is -4.57. The number of benzene rings is 8. The molecule has 0 amide bonds. The third-order valence-electron chi connectivity index (χ3n) is 17.9. The summed E-state index contributed by atoms with van der Waals surface area (Å²) in [7, 11) is -12.1. The Hall–Kier alpha value is -11.8. The van der Waals surface area contributed by atoms with E-state index < -0.39 is 64.0 Å². The fourth-order valence-corrected chi connectivity index (χ4v) is 16.2. The van der Waals surface area contributed by atoms with Crippen molar-refractivity contribution < 1.29 is 127 Å². The van der Waals surface area contributed by atoms with E-state index in [0.717, 1.165) is 0 Å². The normalized spacial score (nSPS) is 11.9. The van der Waals surface area contributed by atoms with Crippen LogP contribution >= 0.6 is 0 Å². The molecule has 11 aromatic rings. The molecule has 5 heterocycles. The van der Waals surface area contributed by atoms with Gasteiger partial charge in [-0.2, -0.15) is 0 Å². The van der Waals surface area contributed by atoms with Gasteiger partial charge in [-0.3, -0.25) is 18.9 Å². The number of carbonyl (C=O) groups is 4. The monoisotopic (exact) mass is 1780 g/mol. The van der Waals surface area contributed by atoms with Gasteiger partial charge in [-0.25, -0.2) is 62.8 Å². The number of ether oxygens (including phenoxy) is 12. The number of carbonyl (C=O) groups excluding carboxylic acids is 4. The minimum absolute atomic E-state index is 0. The van der Waals surface area contributed by atoms with E-state index in [1.54, 1.807) is 0 Å². The summed E-state index contributed by atoms with van der Waals surface area (Å²) in [5.41, 5.74) is 0.334. The Morgan fingerprint density at radius 2 is 0.504 bits per heavy atom. The fraction of sp³-hybridized carbons (Fsp3) is 0.250. The molecule has 3 aromatic heterocycles. The van der Waals surface area contributed by atoms with Crippen LogP contribution in [-0.4, -0.2) is 222 Å². The number of esters is 4. The molecule has 13 rings (SSSR count). The maximum Gasteiger partial charge on any atom is 2.00 e. The van der Waals surface area contributed by atoms with Crippen molar-refractivity contribution in [3.8, 4) is 45.6 Å². The number of nitrogens with zero attached hydrogens (tertiary/aromatic N) is 8. The number of anilines is 4. The van der Waals surface area contributed by atoms with E-state index in [0.29, 0.717) is 39.6 Å². The number of sulfonamides is 4. The van der Waals surface area contributed by atoms with Crippen molar-refractivity contribution in [1.29, 1.82) is 0 Å². The van der Waals surface area contributed by atoms with Crippen LogP contribution < -0.4 is 28.9 Å². The summed E-state index contributed by atoms with van der Waals surface area (Å²) in [6.07, 6.45) is 0. The Morgan fingerprint density at radius 3 is 0.769 bits per heavy atom. The van der Waals surface area contributed by atoms with Gasteiger partial charge in [0.1, 0.15) is 26.4 Å². The van der Waals surface area contributed by atoms with E-state index in [-0.39, 0.29) is 237 Å². The first-order chi connectivity index (χ1) is 57.9. The number of rotatable bonds is 40. The Kier molecular flexibility index (Phi) is 29.3. The van der Waals surface area contributed by atoms with E-state index in [1.807, 2.05) is 0 Å². The van der Waals surface area contributed by atoms with Crippen molar-refractivity contribution in [3.63, 3.8) is 0 Å². The minimum Gasteiger partial charge on any atom is -0.460 e. The van der Waals surface area contributed by atoms with Crippen molar-refractivity contribution in [2.45, 2.75) is 19.6 Å². The van der Waals surface area contributed by atoms with Crippen LogP contribution in [0.3, 0.4) is 0 Å². The average molecular weight is 1780 g/mol. The molecular formula is C80H76CuN12O24S4. The average Bonchev–Trinajstić information content (AvgIpc) is 1.60. The zero-order valence-corrected chi connectivity index (χ0v) is 69.0. The Morgan fingerprint density at radius 1 is 0.273 bits per heavy atom. The zero-order chi connectivity index (χ0) is 84.6. The molecule has 2 aliphatic heterocycles. The van der Waals surface area contributed by atoms with Gasteiger partial charge in [0, 0.05) is 96.0 Å². The predicted octanol–water partition coefficient (Wildman–Crippen LogP) is 8.61. The molecule has 121 heavy (non-hydrogen) atoms. The largest absolute Gasteiger partial charge is 2.00 e. The Labute approximate surface area is 703 Å². The first-order valence-corrected chi connectivity index (χ1v) is 42.6. The van der Waals surface area contributed by atoms with Crippen LogP contribution in [-0.2, 0) is 114 Å². The number of fused-ring (bicyclic) bond motifs is 20. The van der Waals surface area contributed by atoms with Gasteiger partial charge in [0.05, 0.1) is 144 Å². The topological polar surface area (TPSA) is 469 Å². The molecule has 0 atom stereocenters. The second-order valence-electron chi connectivity index (χ2n) is 26.0. The molecule has 1 radical (unpaired) electrons. The molecule has 635 valence electrons. The van der Waals surface area contributed by atoms with Crippen LogP contribution in [0, 0.1) is 0 Å². The summed E-state index contributed by atoms with van der Waals surface area (Å²) < 4.78 is 190. The summed E-state index contributed by atoms with van der Waals surface area (Å²) >= 11 is 0. The van der Waals surface area contributed by atoms with Crippen LogP contribution in [0.2, 0.25) is 0 Å². The number of hydrogen-bond donors (Lipinski definition) is 4. The maximum atomic E-state index is 14.7. The number of methoxy groups -OCH3 is 4. The molecule has 0 saturated carbocycles. The molecule has 0 fully saturated rings. The van der Waals surface area contributed by atoms with Crippen molar-refractivity contribution in [3.05, 3.63) is 192 Å². The fourth-order valence-electron chi connectivity index (χ4n) is 11.9. The van der Waals surface area contributed by atoms with Crippen molar-refractivity contribution in [2.24, 2.45) is 0 Å². The smallest absolute Gasteiger partial charge is 0.460 e. The van der Waals surface area contributed by atoms with E-state index in [1.165, 1.54) is 198 Å². The van der Waals surface area contributed by atoms with Gasteiger partial charge in [-0.05, 0) is 167 Å². The molecule has 4 N–H and O–H groups in total. The third-order valence-corrected chi connectivity index (χ3v) is 23.4. The Bertz CT molecular complexity index is 6310. The second kappa shape index (κ2) is 40.0. The molecule has 0 aliphatic carbocycles. The van der Waals surface area contributed by atoms with Crippen LogP contribution in [0.4, 0.5) is 22.7 Å². The van der Waals surface area contributed by atoms with Crippen molar-refractivity contribution in [2.75, 3.05) is 153 Å². The molecule has 0 saturated heterocycles. The van der Waals surface area contributed by atoms with Gasteiger partial charge < -0.3 is 86.7 Å². The van der Waals surface area contributed by atoms with Gasteiger partial charge in [0.2, 0.25) is 0 Å². The first-order valence-electron chi connectivity index (χ1n) is 36.7. The molecule has 2 aliphatic rings. The molecule has 8 aromatic carbocycles. The number of nitrogens with one attached hydrogen (secondary N) is 4. The zero-order valence-electron chi connectivity index (χ0n) is 64.8. The van der Waals surface area contributed by atoms with Crippen LogP contribution in [0.15, 0.2) is 189 Å². The van der Waals surface area contributed by atoms with Gasteiger partial charge in [0.25, 0.3) is 40.1 Å². The van der Waals surface area contributed by atoms with Crippen LogP contribution in [0.1, 0.15) is 41.4 Å². The summed E-state index contributed by atoms with van der Waals surface area (Å²) in [4.78, 5) is 89.8. The van der Waals surface area contributed by atoms with Crippen LogP contribution in [0.25, 0.3) is 89.7 Å². The number of aromatic nitrogens is 8. The van der Waals surface area contributed by atoms with E-state index in [2.05, 4.69) is 18.9 Å². The molecule has 8 bridgehead atoms. The van der Waals surface area contributed by atoms with Gasteiger partial charge in [-0.1, -0.05) is 24.3 Å². The van der Waals surface area contributed by atoms with Gasteiger partial charge in [-0.15, -0.1) is 0 Å². The summed E-state index contributed by atoms with van der Waals surface area (Å²) in [6.45, 7) is 2.75. The van der Waals surface area contributed by atoms with Gasteiger partial charge in [0.15, 0.2) is 0 Å². The molecular weight excluding hydrogens is 1700 g/mol. The summed E-state index contributed by atoms with van der Waals surface area (Å²) in [5, 5.41) is 0.417. The number of hydrogen-bond acceptors (Lipinski definition) is 30. The molecule has 36 nitrogen and oxygen atoms in total. The van der Waals surface area contributed by atoms with Gasteiger partial charge >= 0.3 is 40.9 Å². The second-order valence-corrected chi connectivity index (χ2v) is 32.7. The summed E-state index contributed by atoms with van der Waals surface area (Å²) in [6, 6.07) is 37.6. The summed E-state index contributed by atoms with van der Waals surface area (Å²) in [5.74, 6) is -3.49. The van der Waals surface area contributed by atoms with E-state index >= 15 is 0 Å². The Balaban J connectivity index is 0.0000134. The molecule has 0 spiro atoms. The van der Waals surface area contributed by atoms with E-state index in [9.17, 15) is 52.8 Å².